The molecular formula is C18H25N3. The molecule has 0 radical (unpaired) electrons. The fraction of sp³-hybridized carbons (Fsp3) is 0.389. The van der Waals surface area contributed by atoms with Crippen molar-refractivity contribution in [3.05, 3.63) is 59.9 Å². The molecule has 0 saturated carbocycles. The molecule has 1 heterocycles. The van der Waals surface area contributed by atoms with Crippen LogP contribution in [-0.4, -0.2) is 17.6 Å². The molecule has 0 aliphatic carbocycles. The molecule has 0 amide bonds. The van der Waals surface area contributed by atoms with Crippen LogP contribution in [0.5, 0.6) is 0 Å². The van der Waals surface area contributed by atoms with Crippen LogP contribution in [0.2, 0.25) is 0 Å². The molecule has 1 N–H and O–H groups in total. The van der Waals surface area contributed by atoms with E-state index in [1.54, 1.807) is 0 Å². The molecule has 1 aromatic carbocycles. The Hall–Kier alpha value is -1.87. The first-order valence-electron chi connectivity index (χ1n) is 7.65. The third-order valence-corrected chi connectivity index (χ3v) is 3.54. The minimum atomic E-state index is 0.494. The molecule has 21 heavy (non-hydrogen) atoms. The largest absolute Gasteiger partial charge is 0.367 e. The van der Waals surface area contributed by atoms with E-state index in [0.717, 1.165) is 19.6 Å². The average molecular weight is 283 g/mol. The van der Waals surface area contributed by atoms with Crippen LogP contribution in [0.1, 0.15) is 31.9 Å². The van der Waals surface area contributed by atoms with E-state index >= 15 is 0 Å². The highest BCUT2D eigenvalue weighted by Crippen LogP contribution is 2.22. The smallest absolute Gasteiger partial charge is 0.0430 e. The summed E-state index contributed by atoms with van der Waals surface area (Å²) in [6.45, 7) is 9.36. The number of hydrogen-bond donors (Lipinski definition) is 1. The van der Waals surface area contributed by atoms with Crippen molar-refractivity contribution in [2.75, 3.05) is 11.4 Å². The highest BCUT2D eigenvalue weighted by Gasteiger charge is 2.10. The molecule has 0 aliphatic heterocycles. The zero-order chi connectivity index (χ0) is 15.1. The number of rotatable bonds is 7. The number of pyridine rings is 1. The third kappa shape index (κ3) is 4.57. The van der Waals surface area contributed by atoms with E-state index in [2.05, 4.69) is 72.4 Å². The summed E-state index contributed by atoms with van der Waals surface area (Å²) in [5.74, 6) is 0. The maximum absolute atomic E-state index is 4.09. The predicted octanol–water partition coefficient (Wildman–Crippen LogP) is 3.61. The van der Waals surface area contributed by atoms with Crippen molar-refractivity contribution in [3.8, 4) is 0 Å². The van der Waals surface area contributed by atoms with Gasteiger partial charge >= 0.3 is 0 Å². The van der Waals surface area contributed by atoms with E-state index in [4.69, 9.17) is 0 Å². The second-order valence-corrected chi connectivity index (χ2v) is 5.53. The summed E-state index contributed by atoms with van der Waals surface area (Å²) < 4.78 is 0. The molecular weight excluding hydrogens is 258 g/mol. The van der Waals surface area contributed by atoms with Crippen LogP contribution >= 0.6 is 0 Å². The standard InChI is InChI=1S/C18H25N3/c1-4-21(14-16-9-11-19-12-10-16)18-8-6-5-7-17(18)13-20-15(2)3/h5-12,15,20H,4,13-14H2,1-3H3. The first-order chi connectivity index (χ1) is 10.2. The maximum atomic E-state index is 4.09. The van der Waals surface area contributed by atoms with Crippen LogP contribution < -0.4 is 10.2 Å². The van der Waals surface area contributed by atoms with E-state index < -0.39 is 0 Å². The first kappa shape index (κ1) is 15.5. The van der Waals surface area contributed by atoms with Crippen LogP contribution in [0.4, 0.5) is 5.69 Å². The molecule has 1 aromatic heterocycles. The maximum Gasteiger partial charge on any atom is 0.0430 e. The molecule has 2 aromatic rings. The Morgan fingerprint density at radius 2 is 1.81 bits per heavy atom. The van der Waals surface area contributed by atoms with Crippen LogP contribution in [0, 0.1) is 0 Å². The van der Waals surface area contributed by atoms with Gasteiger partial charge < -0.3 is 10.2 Å². The summed E-state index contributed by atoms with van der Waals surface area (Å²) >= 11 is 0. The van der Waals surface area contributed by atoms with Gasteiger partial charge in [-0.05, 0) is 36.2 Å². The van der Waals surface area contributed by atoms with Gasteiger partial charge in [-0.25, -0.2) is 0 Å². The lowest BCUT2D eigenvalue weighted by Gasteiger charge is -2.26. The van der Waals surface area contributed by atoms with E-state index in [1.165, 1.54) is 16.8 Å². The predicted molar refractivity (Wildman–Crippen MR) is 89.4 cm³/mol. The molecule has 0 atom stereocenters. The summed E-state index contributed by atoms with van der Waals surface area (Å²) in [6.07, 6.45) is 3.71. The number of para-hydroxylation sites is 1. The topological polar surface area (TPSA) is 28.2 Å². The van der Waals surface area contributed by atoms with Gasteiger partial charge in [0, 0.05) is 43.8 Å². The second kappa shape index (κ2) is 7.79. The van der Waals surface area contributed by atoms with E-state index in [9.17, 15) is 0 Å². The first-order valence-corrected chi connectivity index (χ1v) is 7.65. The molecule has 0 spiro atoms. The number of hydrogen-bond acceptors (Lipinski definition) is 3. The summed E-state index contributed by atoms with van der Waals surface area (Å²) in [7, 11) is 0. The molecule has 0 fully saturated rings. The number of aromatic nitrogens is 1. The Labute approximate surface area is 128 Å². The Bertz CT molecular complexity index is 537. The van der Waals surface area contributed by atoms with E-state index in [1.807, 2.05) is 12.4 Å². The Kier molecular flexibility index (Phi) is 5.76. The van der Waals surface area contributed by atoms with Crippen molar-refractivity contribution in [1.82, 2.24) is 10.3 Å². The fourth-order valence-electron chi connectivity index (χ4n) is 2.36. The normalized spacial score (nSPS) is 10.9. The summed E-state index contributed by atoms with van der Waals surface area (Å²) in [5, 5.41) is 3.51. The van der Waals surface area contributed by atoms with Crippen molar-refractivity contribution in [1.29, 1.82) is 0 Å². The molecule has 112 valence electrons. The Morgan fingerprint density at radius 3 is 2.48 bits per heavy atom. The molecule has 0 unspecified atom stereocenters. The van der Waals surface area contributed by atoms with Crippen molar-refractivity contribution in [2.24, 2.45) is 0 Å². The lowest BCUT2D eigenvalue weighted by molar-refractivity contribution is 0.587. The summed E-state index contributed by atoms with van der Waals surface area (Å²) in [5.41, 5.74) is 3.95. The van der Waals surface area contributed by atoms with Gasteiger partial charge in [-0.2, -0.15) is 0 Å². The fourth-order valence-corrected chi connectivity index (χ4v) is 2.36. The lowest BCUT2D eigenvalue weighted by Crippen LogP contribution is -2.26. The number of nitrogens with one attached hydrogen (secondary N) is 1. The SMILES string of the molecule is CCN(Cc1ccncc1)c1ccccc1CNC(C)C. The highest BCUT2D eigenvalue weighted by molar-refractivity contribution is 5.54. The van der Waals surface area contributed by atoms with Crippen LogP contribution in [-0.2, 0) is 13.1 Å². The lowest BCUT2D eigenvalue weighted by atomic mass is 10.1. The zero-order valence-corrected chi connectivity index (χ0v) is 13.2. The van der Waals surface area contributed by atoms with Gasteiger partial charge in [0.05, 0.1) is 0 Å². The van der Waals surface area contributed by atoms with Gasteiger partial charge in [-0.15, -0.1) is 0 Å². The van der Waals surface area contributed by atoms with Gasteiger partial charge in [-0.1, -0.05) is 32.0 Å². The minimum absolute atomic E-state index is 0.494. The number of anilines is 1. The summed E-state index contributed by atoms with van der Waals surface area (Å²) in [4.78, 5) is 6.50. The minimum Gasteiger partial charge on any atom is -0.367 e. The van der Waals surface area contributed by atoms with Crippen molar-refractivity contribution < 1.29 is 0 Å². The van der Waals surface area contributed by atoms with Crippen molar-refractivity contribution in [3.63, 3.8) is 0 Å². The second-order valence-electron chi connectivity index (χ2n) is 5.53. The monoisotopic (exact) mass is 283 g/mol. The van der Waals surface area contributed by atoms with Gasteiger partial charge in [0.1, 0.15) is 0 Å². The molecule has 3 heteroatoms. The van der Waals surface area contributed by atoms with Crippen LogP contribution in [0.25, 0.3) is 0 Å². The van der Waals surface area contributed by atoms with E-state index in [0.29, 0.717) is 6.04 Å². The quantitative estimate of drug-likeness (QED) is 0.841. The molecule has 3 nitrogen and oxygen atoms in total. The van der Waals surface area contributed by atoms with E-state index in [-0.39, 0.29) is 0 Å². The van der Waals surface area contributed by atoms with Crippen LogP contribution in [0.3, 0.4) is 0 Å². The molecule has 2 rings (SSSR count). The number of nitrogens with zero attached hydrogens (tertiary/aromatic N) is 2. The van der Waals surface area contributed by atoms with Crippen LogP contribution in [0.15, 0.2) is 48.8 Å². The van der Waals surface area contributed by atoms with Gasteiger partial charge in [0.2, 0.25) is 0 Å². The molecule has 0 bridgehead atoms. The van der Waals surface area contributed by atoms with Crippen molar-refractivity contribution in [2.45, 2.75) is 39.9 Å². The molecule has 0 saturated heterocycles. The Morgan fingerprint density at radius 1 is 1.10 bits per heavy atom. The zero-order valence-electron chi connectivity index (χ0n) is 13.2. The van der Waals surface area contributed by atoms with Crippen molar-refractivity contribution >= 4 is 5.69 Å². The summed E-state index contributed by atoms with van der Waals surface area (Å²) in [6, 6.07) is 13.3. The Balaban J connectivity index is 2.17. The molecule has 0 aliphatic rings. The third-order valence-electron chi connectivity index (χ3n) is 3.54. The average Bonchev–Trinajstić information content (AvgIpc) is 2.52. The number of benzene rings is 1. The van der Waals surface area contributed by atoms with Gasteiger partial charge in [0.15, 0.2) is 0 Å². The van der Waals surface area contributed by atoms with Gasteiger partial charge in [0.25, 0.3) is 0 Å². The highest BCUT2D eigenvalue weighted by atomic mass is 15.1. The van der Waals surface area contributed by atoms with Gasteiger partial charge in [-0.3, -0.25) is 4.98 Å².